The smallest absolute Gasteiger partial charge is 0.244 e. The second kappa shape index (κ2) is 8.20. The monoisotopic (exact) mass is 391 g/mol. The molecule has 1 amide bonds. The number of carbonyl (C=O) groups is 1. The molecular weight excluding hydrogens is 366 g/mol. The van der Waals surface area contributed by atoms with Crippen LogP contribution in [0.1, 0.15) is 24.1 Å². The first-order chi connectivity index (χ1) is 12.9. The second-order valence-electron chi connectivity index (χ2n) is 6.58. The minimum Gasteiger partial charge on any atom is -0.332 e. The molecule has 1 saturated heterocycles. The zero-order valence-corrected chi connectivity index (χ0v) is 16.4. The Bertz CT molecular complexity index is 892. The van der Waals surface area contributed by atoms with E-state index in [9.17, 15) is 13.2 Å². The molecule has 1 aromatic heterocycles. The fourth-order valence-corrected chi connectivity index (χ4v) is 4.11. The van der Waals surface area contributed by atoms with E-state index in [-0.39, 0.29) is 23.4 Å². The summed E-state index contributed by atoms with van der Waals surface area (Å²) >= 11 is 0. The van der Waals surface area contributed by atoms with Crippen molar-refractivity contribution in [3.05, 3.63) is 47.8 Å². The molecule has 9 heteroatoms. The van der Waals surface area contributed by atoms with Crippen LogP contribution in [0.3, 0.4) is 0 Å². The molecule has 2 heterocycles. The molecule has 1 aromatic carbocycles. The molecule has 1 atom stereocenters. The van der Waals surface area contributed by atoms with Crippen molar-refractivity contribution in [1.29, 1.82) is 0 Å². The Morgan fingerprint density at radius 2 is 2.07 bits per heavy atom. The molecule has 0 radical (unpaired) electrons. The third-order valence-electron chi connectivity index (χ3n) is 4.74. The van der Waals surface area contributed by atoms with Crippen LogP contribution in [0.5, 0.6) is 0 Å². The van der Waals surface area contributed by atoms with Crippen molar-refractivity contribution >= 4 is 15.9 Å². The van der Waals surface area contributed by atoms with Crippen molar-refractivity contribution in [3.8, 4) is 0 Å². The Kier molecular flexibility index (Phi) is 5.93. The van der Waals surface area contributed by atoms with Gasteiger partial charge in [-0.2, -0.15) is 5.10 Å². The summed E-state index contributed by atoms with van der Waals surface area (Å²) in [6, 6.07) is 8.10. The Morgan fingerprint density at radius 3 is 2.70 bits per heavy atom. The second-order valence-corrected chi connectivity index (χ2v) is 8.34. The normalized spacial score (nSPS) is 17.9. The van der Waals surface area contributed by atoms with Crippen molar-refractivity contribution in [2.24, 2.45) is 7.05 Å². The maximum atomic E-state index is 12.7. The number of amides is 1. The summed E-state index contributed by atoms with van der Waals surface area (Å²) < 4.78 is 28.4. The summed E-state index contributed by atoms with van der Waals surface area (Å²) in [4.78, 5) is 14.5. The van der Waals surface area contributed by atoms with Gasteiger partial charge in [-0.05, 0) is 17.5 Å². The van der Waals surface area contributed by atoms with Gasteiger partial charge >= 0.3 is 0 Å². The molecule has 1 unspecified atom stereocenters. The number of hydrogen-bond donors (Lipinski definition) is 2. The fourth-order valence-electron chi connectivity index (χ4n) is 3.16. The van der Waals surface area contributed by atoms with E-state index >= 15 is 0 Å². The van der Waals surface area contributed by atoms with E-state index < -0.39 is 10.0 Å². The van der Waals surface area contributed by atoms with Gasteiger partial charge in [-0.15, -0.1) is 0 Å². The highest BCUT2D eigenvalue weighted by atomic mass is 32.2. The van der Waals surface area contributed by atoms with E-state index in [0.717, 1.165) is 12.0 Å². The van der Waals surface area contributed by atoms with E-state index in [4.69, 9.17) is 0 Å². The molecule has 146 valence electrons. The largest absolute Gasteiger partial charge is 0.332 e. The van der Waals surface area contributed by atoms with Gasteiger partial charge in [0.15, 0.2) is 0 Å². The average Bonchev–Trinajstić information content (AvgIpc) is 3.13. The van der Waals surface area contributed by atoms with Crippen LogP contribution >= 0.6 is 0 Å². The number of hydrogen-bond acceptors (Lipinski definition) is 5. The standard InChI is InChI=1S/C18H25N5O3S/c1-3-14-4-6-15(7-5-14)17-11-19-8-9-23(17)18(24)12-21-27(25,26)16-10-20-22(2)13-16/h4-7,10,13,17,19,21H,3,8-9,11-12H2,1-2H3. The Hall–Kier alpha value is -2.23. The van der Waals surface area contributed by atoms with Crippen molar-refractivity contribution in [3.63, 3.8) is 0 Å². The van der Waals surface area contributed by atoms with Crippen LogP contribution in [-0.2, 0) is 28.3 Å². The van der Waals surface area contributed by atoms with Crippen LogP contribution in [0, 0.1) is 0 Å². The topological polar surface area (TPSA) is 96.3 Å². The molecule has 0 bridgehead atoms. The summed E-state index contributed by atoms with van der Waals surface area (Å²) in [7, 11) is -2.12. The molecule has 3 rings (SSSR count). The molecule has 0 aliphatic carbocycles. The van der Waals surface area contributed by atoms with Crippen molar-refractivity contribution < 1.29 is 13.2 Å². The first-order valence-corrected chi connectivity index (χ1v) is 10.5. The number of piperazine rings is 1. The van der Waals surface area contributed by atoms with E-state index in [1.807, 2.05) is 12.1 Å². The predicted molar refractivity (Wildman–Crippen MR) is 102 cm³/mol. The maximum Gasteiger partial charge on any atom is 0.244 e. The number of sulfonamides is 1. The average molecular weight is 391 g/mol. The van der Waals surface area contributed by atoms with Gasteiger partial charge in [-0.3, -0.25) is 9.48 Å². The third-order valence-corrected chi connectivity index (χ3v) is 6.10. The quantitative estimate of drug-likeness (QED) is 0.745. The molecule has 27 heavy (non-hydrogen) atoms. The first-order valence-electron chi connectivity index (χ1n) is 8.98. The molecular formula is C18H25N5O3S. The van der Waals surface area contributed by atoms with Gasteiger partial charge in [0.1, 0.15) is 4.90 Å². The predicted octanol–water partition coefficient (Wildman–Crippen LogP) is 0.434. The van der Waals surface area contributed by atoms with Gasteiger partial charge in [0.25, 0.3) is 0 Å². The molecule has 1 aliphatic heterocycles. The number of rotatable bonds is 6. The lowest BCUT2D eigenvalue weighted by atomic mass is 10.0. The lowest BCUT2D eigenvalue weighted by Gasteiger charge is -2.36. The van der Waals surface area contributed by atoms with Crippen LogP contribution in [0.2, 0.25) is 0 Å². The molecule has 0 saturated carbocycles. The number of benzene rings is 1. The number of aryl methyl sites for hydroxylation is 2. The molecule has 2 aromatic rings. The van der Waals surface area contributed by atoms with Gasteiger partial charge in [0.05, 0.1) is 18.8 Å². The number of nitrogens with zero attached hydrogens (tertiary/aromatic N) is 3. The van der Waals surface area contributed by atoms with E-state index in [2.05, 4.69) is 34.2 Å². The van der Waals surface area contributed by atoms with Gasteiger partial charge in [0.2, 0.25) is 15.9 Å². The number of nitrogens with one attached hydrogen (secondary N) is 2. The van der Waals surface area contributed by atoms with Crippen molar-refractivity contribution in [2.45, 2.75) is 24.3 Å². The molecule has 8 nitrogen and oxygen atoms in total. The molecule has 1 aliphatic rings. The van der Waals surface area contributed by atoms with Gasteiger partial charge in [-0.25, -0.2) is 13.1 Å². The van der Waals surface area contributed by atoms with E-state index in [0.29, 0.717) is 19.6 Å². The molecule has 2 N–H and O–H groups in total. The minimum absolute atomic E-state index is 0.0461. The Labute approximate surface area is 159 Å². The van der Waals surface area contributed by atoms with Crippen LogP contribution < -0.4 is 10.0 Å². The number of aromatic nitrogens is 2. The highest BCUT2D eigenvalue weighted by Gasteiger charge is 2.28. The summed E-state index contributed by atoms with van der Waals surface area (Å²) in [6.45, 7) is 3.69. The minimum atomic E-state index is -3.76. The SMILES string of the molecule is CCc1ccc(C2CNCCN2C(=O)CNS(=O)(=O)c2cnn(C)c2)cc1. The van der Waals surface area contributed by atoms with Crippen LogP contribution in [0.15, 0.2) is 41.6 Å². The van der Waals surface area contributed by atoms with Crippen molar-refractivity contribution in [2.75, 3.05) is 26.2 Å². The zero-order chi connectivity index (χ0) is 19.4. The summed E-state index contributed by atoms with van der Waals surface area (Å²) in [5.41, 5.74) is 2.28. The summed E-state index contributed by atoms with van der Waals surface area (Å²) in [5, 5.41) is 7.16. The molecule has 0 spiro atoms. The molecule has 1 fully saturated rings. The summed E-state index contributed by atoms with van der Waals surface area (Å²) in [5.74, 6) is -0.242. The van der Waals surface area contributed by atoms with Gasteiger partial charge in [0, 0.05) is 32.9 Å². The maximum absolute atomic E-state index is 12.7. The highest BCUT2D eigenvalue weighted by Crippen LogP contribution is 2.23. The fraction of sp³-hybridized carbons (Fsp3) is 0.444. The number of carbonyl (C=O) groups excluding carboxylic acids is 1. The third kappa shape index (κ3) is 4.55. The lowest BCUT2D eigenvalue weighted by Crippen LogP contribution is -2.51. The zero-order valence-electron chi connectivity index (χ0n) is 15.6. The van der Waals surface area contributed by atoms with Gasteiger partial charge < -0.3 is 10.2 Å². The Balaban J connectivity index is 1.69. The van der Waals surface area contributed by atoms with Crippen LogP contribution in [-0.4, -0.2) is 55.2 Å². The summed E-state index contributed by atoms with van der Waals surface area (Å²) in [6.07, 6.45) is 3.62. The lowest BCUT2D eigenvalue weighted by molar-refractivity contribution is -0.133. The van der Waals surface area contributed by atoms with E-state index in [1.54, 1.807) is 11.9 Å². The van der Waals surface area contributed by atoms with Crippen LogP contribution in [0.25, 0.3) is 0 Å². The highest BCUT2D eigenvalue weighted by molar-refractivity contribution is 7.89. The first kappa shape index (κ1) is 19.5. The van der Waals surface area contributed by atoms with Crippen molar-refractivity contribution in [1.82, 2.24) is 24.7 Å². The van der Waals surface area contributed by atoms with E-state index in [1.165, 1.54) is 22.6 Å². The van der Waals surface area contributed by atoms with Gasteiger partial charge in [-0.1, -0.05) is 31.2 Å². The Morgan fingerprint density at radius 1 is 1.33 bits per heavy atom. The van der Waals surface area contributed by atoms with Crippen LogP contribution in [0.4, 0.5) is 0 Å².